The average Bonchev–Trinajstić information content (AvgIpc) is 2.53. The summed E-state index contributed by atoms with van der Waals surface area (Å²) in [7, 11) is 0. The first-order valence-corrected chi connectivity index (χ1v) is 5.14. The summed E-state index contributed by atoms with van der Waals surface area (Å²) >= 11 is 0. The van der Waals surface area contributed by atoms with E-state index in [2.05, 4.69) is 9.55 Å². The van der Waals surface area contributed by atoms with Gasteiger partial charge in [-0.3, -0.25) is 0 Å². The van der Waals surface area contributed by atoms with Crippen LogP contribution in [0.2, 0.25) is 0 Å². The predicted octanol–water partition coefficient (Wildman–Crippen LogP) is 1.45. The molecule has 1 aliphatic rings. The van der Waals surface area contributed by atoms with Crippen LogP contribution in [-0.4, -0.2) is 15.6 Å². The predicted molar refractivity (Wildman–Crippen MR) is 56.0 cm³/mol. The number of fused-ring (bicyclic) bond motifs is 3. The highest BCUT2D eigenvalue weighted by Gasteiger charge is 2.19. The fourth-order valence-corrected chi connectivity index (χ4v) is 2.19. The highest BCUT2D eigenvalue weighted by Crippen LogP contribution is 2.22. The number of benzene rings is 1. The van der Waals surface area contributed by atoms with Crippen molar-refractivity contribution in [2.24, 2.45) is 5.73 Å². The summed E-state index contributed by atoms with van der Waals surface area (Å²) < 4.78 is 15.1. The second kappa shape index (κ2) is 3.03. The van der Waals surface area contributed by atoms with Crippen molar-refractivity contribution in [2.45, 2.75) is 25.4 Å². The van der Waals surface area contributed by atoms with Crippen LogP contribution in [0.3, 0.4) is 0 Å². The third-order valence-corrected chi connectivity index (χ3v) is 2.96. The van der Waals surface area contributed by atoms with Gasteiger partial charge in [-0.2, -0.15) is 0 Å². The minimum absolute atomic E-state index is 0.194. The first-order chi connectivity index (χ1) is 7.24. The molecule has 0 spiro atoms. The molecule has 1 unspecified atom stereocenters. The summed E-state index contributed by atoms with van der Waals surface area (Å²) in [6, 6.07) is 4.94. The number of hydrogen-bond acceptors (Lipinski definition) is 2. The quantitative estimate of drug-likeness (QED) is 0.707. The lowest BCUT2D eigenvalue weighted by atomic mass is 10.1. The Hall–Kier alpha value is -1.42. The molecule has 4 heteroatoms. The number of aromatic nitrogens is 2. The molecule has 0 aliphatic carbocycles. The lowest BCUT2D eigenvalue weighted by Crippen LogP contribution is -2.30. The molecule has 0 fully saturated rings. The van der Waals surface area contributed by atoms with E-state index in [4.69, 9.17) is 5.73 Å². The molecular weight excluding hydrogens is 193 g/mol. The summed E-state index contributed by atoms with van der Waals surface area (Å²) in [6.07, 6.45) is 1.76. The van der Waals surface area contributed by atoms with Crippen LogP contribution in [0.4, 0.5) is 4.39 Å². The van der Waals surface area contributed by atoms with Crippen LogP contribution in [0.1, 0.15) is 12.2 Å². The van der Waals surface area contributed by atoms with E-state index in [1.165, 1.54) is 12.1 Å². The Bertz CT molecular complexity index is 518. The summed E-state index contributed by atoms with van der Waals surface area (Å²) in [5.74, 6) is 0.747. The first kappa shape index (κ1) is 8.85. The number of rotatable bonds is 0. The maximum absolute atomic E-state index is 13.0. The minimum atomic E-state index is -0.234. The Kier molecular flexibility index (Phi) is 1.79. The van der Waals surface area contributed by atoms with Gasteiger partial charge in [0.15, 0.2) is 0 Å². The number of nitrogens with two attached hydrogens (primary N) is 1. The molecule has 15 heavy (non-hydrogen) atoms. The smallest absolute Gasteiger partial charge is 0.125 e. The van der Waals surface area contributed by atoms with Crippen molar-refractivity contribution in [2.75, 3.05) is 0 Å². The Morgan fingerprint density at radius 3 is 3.20 bits per heavy atom. The fourth-order valence-electron chi connectivity index (χ4n) is 2.19. The van der Waals surface area contributed by atoms with Crippen LogP contribution in [0, 0.1) is 5.82 Å². The largest absolute Gasteiger partial charge is 0.328 e. The first-order valence-electron chi connectivity index (χ1n) is 5.14. The van der Waals surface area contributed by atoms with Crippen molar-refractivity contribution in [3.05, 3.63) is 29.8 Å². The van der Waals surface area contributed by atoms with Gasteiger partial charge in [-0.05, 0) is 18.6 Å². The molecular formula is C11H12FN3. The van der Waals surface area contributed by atoms with E-state index >= 15 is 0 Å². The van der Waals surface area contributed by atoms with E-state index in [1.54, 1.807) is 6.07 Å². The molecule has 1 aromatic carbocycles. The van der Waals surface area contributed by atoms with E-state index in [0.29, 0.717) is 0 Å². The van der Waals surface area contributed by atoms with Gasteiger partial charge in [0.25, 0.3) is 0 Å². The summed E-state index contributed by atoms with van der Waals surface area (Å²) in [6.45, 7) is 0.888. The van der Waals surface area contributed by atoms with Crippen LogP contribution >= 0.6 is 0 Å². The van der Waals surface area contributed by atoms with Crippen LogP contribution in [0.25, 0.3) is 11.0 Å². The third kappa shape index (κ3) is 1.33. The Balaban J connectivity index is 2.23. The standard InChI is InChI=1S/C11H12FN3/c12-7-1-2-10-9(5-7)14-11-6-8(13)3-4-15(10)11/h1-2,5,8H,3-4,6,13H2. The van der Waals surface area contributed by atoms with Crippen molar-refractivity contribution in [3.8, 4) is 0 Å². The number of hydrogen-bond donors (Lipinski definition) is 1. The van der Waals surface area contributed by atoms with E-state index < -0.39 is 0 Å². The summed E-state index contributed by atoms with van der Waals surface area (Å²) in [5.41, 5.74) is 7.62. The lowest BCUT2D eigenvalue weighted by Gasteiger charge is -2.19. The van der Waals surface area contributed by atoms with Gasteiger partial charge in [-0.15, -0.1) is 0 Å². The van der Waals surface area contributed by atoms with E-state index in [-0.39, 0.29) is 11.9 Å². The number of imidazole rings is 1. The topological polar surface area (TPSA) is 43.8 Å². The SMILES string of the molecule is NC1CCn2c(nc3cc(F)ccc32)C1. The number of nitrogens with zero attached hydrogens (tertiary/aromatic N) is 2. The molecule has 0 amide bonds. The summed E-state index contributed by atoms with van der Waals surface area (Å²) in [4.78, 5) is 4.41. The Labute approximate surface area is 86.7 Å². The molecule has 1 aliphatic heterocycles. The van der Waals surface area contributed by atoms with Gasteiger partial charge in [0.05, 0.1) is 11.0 Å². The van der Waals surface area contributed by atoms with Gasteiger partial charge >= 0.3 is 0 Å². The zero-order valence-corrected chi connectivity index (χ0v) is 8.28. The average molecular weight is 205 g/mol. The molecule has 3 nitrogen and oxygen atoms in total. The zero-order chi connectivity index (χ0) is 10.4. The van der Waals surface area contributed by atoms with Crippen LogP contribution in [0.15, 0.2) is 18.2 Å². The lowest BCUT2D eigenvalue weighted by molar-refractivity contribution is 0.471. The molecule has 1 atom stereocenters. The molecule has 3 rings (SSSR count). The van der Waals surface area contributed by atoms with Gasteiger partial charge in [0.1, 0.15) is 11.6 Å². The zero-order valence-electron chi connectivity index (χ0n) is 8.28. The molecule has 0 saturated carbocycles. The van der Waals surface area contributed by atoms with Gasteiger partial charge in [-0.1, -0.05) is 0 Å². The normalized spacial score (nSPS) is 20.5. The fraction of sp³-hybridized carbons (Fsp3) is 0.364. The third-order valence-electron chi connectivity index (χ3n) is 2.96. The van der Waals surface area contributed by atoms with Gasteiger partial charge < -0.3 is 10.3 Å². The number of halogens is 1. The Morgan fingerprint density at radius 1 is 1.47 bits per heavy atom. The highest BCUT2D eigenvalue weighted by molar-refractivity contribution is 5.76. The monoisotopic (exact) mass is 205 g/mol. The van der Waals surface area contributed by atoms with Gasteiger partial charge in [0, 0.05) is 25.1 Å². The molecule has 2 N–H and O–H groups in total. The van der Waals surface area contributed by atoms with Crippen molar-refractivity contribution in [1.82, 2.24) is 9.55 Å². The minimum Gasteiger partial charge on any atom is -0.328 e. The molecule has 1 aromatic heterocycles. The molecule has 0 saturated heterocycles. The van der Waals surface area contributed by atoms with Crippen LogP contribution < -0.4 is 5.73 Å². The molecule has 2 aromatic rings. The van der Waals surface area contributed by atoms with E-state index in [1.807, 2.05) is 0 Å². The molecule has 0 radical (unpaired) electrons. The molecule has 78 valence electrons. The molecule has 2 heterocycles. The second-order valence-electron chi connectivity index (χ2n) is 4.07. The maximum Gasteiger partial charge on any atom is 0.125 e. The second-order valence-corrected chi connectivity index (χ2v) is 4.07. The van der Waals surface area contributed by atoms with Gasteiger partial charge in [0.2, 0.25) is 0 Å². The molecule has 0 bridgehead atoms. The van der Waals surface area contributed by atoms with E-state index in [0.717, 1.165) is 36.2 Å². The van der Waals surface area contributed by atoms with Crippen molar-refractivity contribution in [3.63, 3.8) is 0 Å². The van der Waals surface area contributed by atoms with Gasteiger partial charge in [-0.25, -0.2) is 9.37 Å². The van der Waals surface area contributed by atoms with Crippen LogP contribution in [0.5, 0.6) is 0 Å². The number of aryl methyl sites for hydroxylation is 1. The maximum atomic E-state index is 13.0. The van der Waals surface area contributed by atoms with Crippen LogP contribution in [-0.2, 0) is 13.0 Å². The van der Waals surface area contributed by atoms with Crippen molar-refractivity contribution >= 4 is 11.0 Å². The summed E-state index contributed by atoms with van der Waals surface area (Å²) in [5, 5.41) is 0. The van der Waals surface area contributed by atoms with E-state index in [9.17, 15) is 4.39 Å². The van der Waals surface area contributed by atoms with Crippen molar-refractivity contribution < 1.29 is 4.39 Å². The Morgan fingerprint density at radius 2 is 2.33 bits per heavy atom. The highest BCUT2D eigenvalue weighted by atomic mass is 19.1. The van der Waals surface area contributed by atoms with Crippen molar-refractivity contribution in [1.29, 1.82) is 0 Å².